The van der Waals surface area contributed by atoms with Gasteiger partial charge in [0.15, 0.2) is 0 Å². The van der Waals surface area contributed by atoms with Crippen molar-refractivity contribution in [3.63, 3.8) is 0 Å². The topological polar surface area (TPSA) is 75.6 Å². The zero-order valence-electron chi connectivity index (χ0n) is 9.94. The summed E-state index contributed by atoms with van der Waals surface area (Å²) in [6.07, 6.45) is 1.49. The average molecular weight is 249 g/mol. The van der Waals surface area contributed by atoms with Gasteiger partial charge in [0.1, 0.15) is 12.2 Å². The molecule has 0 bridgehead atoms. The van der Waals surface area contributed by atoms with E-state index in [1.807, 2.05) is 18.2 Å². The molecule has 0 radical (unpaired) electrons. The molecule has 2 N–H and O–H groups in total. The minimum atomic E-state index is -1.12. The van der Waals surface area contributed by atoms with E-state index in [1.54, 1.807) is 0 Å². The maximum atomic E-state index is 11.2. The van der Waals surface area contributed by atoms with E-state index in [2.05, 4.69) is 5.32 Å². The average Bonchev–Trinajstić information content (AvgIpc) is 2.35. The van der Waals surface area contributed by atoms with Gasteiger partial charge in [-0.2, -0.15) is 0 Å². The van der Waals surface area contributed by atoms with Crippen molar-refractivity contribution in [1.29, 1.82) is 0 Å². The van der Waals surface area contributed by atoms with E-state index in [0.717, 1.165) is 36.3 Å². The van der Waals surface area contributed by atoms with Gasteiger partial charge >= 0.3 is 5.97 Å². The number of benzene rings is 1. The Bertz CT molecular complexity index is 470. The first-order valence-corrected chi connectivity index (χ1v) is 5.88. The normalized spacial score (nSPS) is 13.3. The lowest BCUT2D eigenvalue weighted by Crippen LogP contribution is -2.25. The second kappa shape index (κ2) is 5.53. The van der Waals surface area contributed by atoms with Crippen LogP contribution in [0.2, 0.25) is 0 Å². The van der Waals surface area contributed by atoms with Crippen LogP contribution in [-0.4, -0.2) is 23.6 Å². The Morgan fingerprint density at radius 2 is 2.22 bits per heavy atom. The standard InChI is InChI=1S/C13H15NO4/c15-12(7-13(16)17)14-8-9-3-4-11-10(6-9)2-1-5-18-11/h3-4,6H,1-2,5,7-8H2,(H,14,15)(H,16,17). The Kier molecular flexibility index (Phi) is 3.82. The summed E-state index contributed by atoms with van der Waals surface area (Å²) < 4.78 is 5.49. The highest BCUT2D eigenvalue weighted by Crippen LogP contribution is 2.25. The first-order chi connectivity index (χ1) is 8.65. The summed E-state index contributed by atoms with van der Waals surface area (Å²) in [5, 5.41) is 11.0. The fourth-order valence-corrected chi connectivity index (χ4v) is 1.92. The molecule has 1 aliphatic rings. The first-order valence-electron chi connectivity index (χ1n) is 5.88. The highest BCUT2D eigenvalue weighted by Gasteiger charge is 2.11. The summed E-state index contributed by atoms with van der Waals surface area (Å²) >= 11 is 0. The molecule has 0 aromatic heterocycles. The van der Waals surface area contributed by atoms with Crippen molar-refractivity contribution in [2.24, 2.45) is 0 Å². The number of carbonyl (C=O) groups excluding carboxylic acids is 1. The number of carbonyl (C=O) groups is 2. The van der Waals surface area contributed by atoms with E-state index >= 15 is 0 Å². The van der Waals surface area contributed by atoms with Gasteiger partial charge in [0, 0.05) is 6.54 Å². The Hall–Kier alpha value is -2.04. The number of amides is 1. The molecule has 0 saturated heterocycles. The second-order valence-electron chi connectivity index (χ2n) is 4.24. The van der Waals surface area contributed by atoms with Gasteiger partial charge in [0.05, 0.1) is 6.61 Å². The third-order valence-corrected chi connectivity index (χ3v) is 2.77. The molecule has 0 spiro atoms. The molecule has 0 fully saturated rings. The molecule has 2 rings (SSSR count). The summed E-state index contributed by atoms with van der Waals surface area (Å²) in [7, 11) is 0. The summed E-state index contributed by atoms with van der Waals surface area (Å²) in [6.45, 7) is 1.10. The maximum absolute atomic E-state index is 11.2. The van der Waals surface area contributed by atoms with Crippen molar-refractivity contribution in [1.82, 2.24) is 5.32 Å². The molecule has 0 saturated carbocycles. The van der Waals surface area contributed by atoms with Crippen LogP contribution in [0.3, 0.4) is 0 Å². The van der Waals surface area contributed by atoms with Crippen LogP contribution < -0.4 is 10.1 Å². The molecule has 1 aromatic carbocycles. The van der Waals surface area contributed by atoms with E-state index in [9.17, 15) is 9.59 Å². The molecule has 96 valence electrons. The molecule has 5 nitrogen and oxygen atoms in total. The number of nitrogens with one attached hydrogen (secondary N) is 1. The van der Waals surface area contributed by atoms with E-state index in [0.29, 0.717) is 6.54 Å². The van der Waals surface area contributed by atoms with E-state index in [4.69, 9.17) is 9.84 Å². The van der Waals surface area contributed by atoms with Crippen LogP contribution in [0.5, 0.6) is 5.75 Å². The minimum absolute atomic E-state index is 0.347. The molecule has 1 aliphatic heterocycles. The van der Waals surface area contributed by atoms with Crippen LogP contribution >= 0.6 is 0 Å². The van der Waals surface area contributed by atoms with Gasteiger partial charge in [-0.15, -0.1) is 0 Å². The quantitative estimate of drug-likeness (QED) is 0.783. The van der Waals surface area contributed by atoms with Crippen LogP contribution in [0.4, 0.5) is 0 Å². The van der Waals surface area contributed by atoms with E-state index in [1.165, 1.54) is 0 Å². The number of carboxylic acids is 1. The summed E-state index contributed by atoms with van der Waals surface area (Å²) in [6, 6.07) is 5.77. The van der Waals surface area contributed by atoms with Gasteiger partial charge in [-0.25, -0.2) is 0 Å². The number of fused-ring (bicyclic) bond motifs is 1. The molecule has 5 heteroatoms. The molecule has 0 aliphatic carbocycles. The molecule has 0 atom stereocenters. The van der Waals surface area contributed by atoms with Gasteiger partial charge in [0.25, 0.3) is 0 Å². The van der Waals surface area contributed by atoms with Crippen LogP contribution in [0.15, 0.2) is 18.2 Å². The Morgan fingerprint density at radius 3 is 3.00 bits per heavy atom. The highest BCUT2D eigenvalue weighted by atomic mass is 16.5. The molecular formula is C13H15NO4. The van der Waals surface area contributed by atoms with Crippen molar-refractivity contribution >= 4 is 11.9 Å². The number of hydrogen-bond donors (Lipinski definition) is 2. The molecule has 1 amide bonds. The lowest BCUT2D eigenvalue weighted by atomic mass is 10.0. The number of rotatable bonds is 4. The summed E-state index contributed by atoms with van der Waals surface area (Å²) in [5.74, 6) is -0.690. The Morgan fingerprint density at radius 1 is 1.39 bits per heavy atom. The van der Waals surface area contributed by atoms with Gasteiger partial charge in [-0.3, -0.25) is 9.59 Å². The molecule has 0 unspecified atom stereocenters. The lowest BCUT2D eigenvalue weighted by Gasteiger charge is -2.17. The predicted octanol–water partition coefficient (Wildman–Crippen LogP) is 1.10. The molecular weight excluding hydrogens is 234 g/mol. The third kappa shape index (κ3) is 3.23. The largest absolute Gasteiger partial charge is 0.493 e. The van der Waals surface area contributed by atoms with Crippen molar-refractivity contribution < 1.29 is 19.4 Å². The van der Waals surface area contributed by atoms with Crippen molar-refractivity contribution in [2.45, 2.75) is 25.8 Å². The molecule has 1 heterocycles. The van der Waals surface area contributed by atoms with Crippen LogP contribution in [0, 0.1) is 0 Å². The maximum Gasteiger partial charge on any atom is 0.312 e. The number of ether oxygens (including phenoxy) is 1. The van der Waals surface area contributed by atoms with Crippen LogP contribution in [0.25, 0.3) is 0 Å². The van der Waals surface area contributed by atoms with Crippen molar-refractivity contribution in [3.05, 3.63) is 29.3 Å². The van der Waals surface area contributed by atoms with E-state index < -0.39 is 18.3 Å². The molecule has 18 heavy (non-hydrogen) atoms. The summed E-state index contributed by atoms with van der Waals surface area (Å²) in [4.78, 5) is 21.5. The first kappa shape index (κ1) is 12.4. The van der Waals surface area contributed by atoms with Gasteiger partial charge in [-0.05, 0) is 30.0 Å². The monoisotopic (exact) mass is 249 g/mol. The number of carboxylic acid groups (broad SMARTS) is 1. The Labute approximate surface area is 105 Å². The van der Waals surface area contributed by atoms with Crippen molar-refractivity contribution in [2.75, 3.05) is 6.61 Å². The van der Waals surface area contributed by atoms with Crippen LogP contribution in [-0.2, 0) is 22.6 Å². The smallest absolute Gasteiger partial charge is 0.312 e. The van der Waals surface area contributed by atoms with Gasteiger partial charge < -0.3 is 15.2 Å². The lowest BCUT2D eigenvalue weighted by molar-refractivity contribution is -0.140. The van der Waals surface area contributed by atoms with E-state index in [-0.39, 0.29) is 0 Å². The Balaban J connectivity index is 1.94. The fourth-order valence-electron chi connectivity index (χ4n) is 1.92. The zero-order valence-corrected chi connectivity index (χ0v) is 9.94. The zero-order chi connectivity index (χ0) is 13.0. The summed E-state index contributed by atoms with van der Waals surface area (Å²) in [5.41, 5.74) is 2.10. The second-order valence-corrected chi connectivity index (χ2v) is 4.24. The predicted molar refractivity (Wildman–Crippen MR) is 64.4 cm³/mol. The SMILES string of the molecule is O=C(O)CC(=O)NCc1ccc2c(c1)CCCO2. The number of aryl methyl sites for hydroxylation is 1. The molecule has 1 aromatic rings. The van der Waals surface area contributed by atoms with Gasteiger partial charge in [-0.1, -0.05) is 12.1 Å². The number of hydrogen-bond acceptors (Lipinski definition) is 3. The third-order valence-electron chi connectivity index (χ3n) is 2.77. The van der Waals surface area contributed by atoms with Gasteiger partial charge in [0.2, 0.25) is 5.91 Å². The van der Waals surface area contributed by atoms with Crippen LogP contribution in [0.1, 0.15) is 24.0 Å². The fraction of sp³-hybridized carbons (Fsp3) is 0.385. The number of aliphatic carboxylic acids is 1. The van der Waals surface area contributed by atoms with Crippen molar-refractivity contribution in [3.8, 4) is 5.75 Å². The minimum Gasteiger partial charge on any atom is -0.493 e. The highest BCUT2D eigenvalue weighted by molar-refractivity contribution is 5.93.